The van der Waals surface area contributed by atoms with Crippen LogP contribution in [0.25, 0.3) is 0 Å². The molecule has 0 aromatic heterocycles. The average molecular weight is 447 g/mol. The summed E-state index contributed by atoms with van der Waals surface area (Å²) >= 11 is 0. The minimum atomic E-state index is -1.80. The van der Waals surface area contributed by atoms with E-state index in [1.807, 2.05) is 26.8 Å². The fourth-order valence-corrected chi connectivity index (χ4v) is 5.39. The SMILES string of the molecule is CCC(=O)O[C@H]1CC/C(C)=C\[C@]2(O)OC(=O)C(C)=C2C[C@H]2C(C)=CC[C@H](OC(C)=O)[C@]12C. The van der Waals surface area contributed by atoms with E-state index in [0.29, 0.717) is 36.8 Å². The van der Waals surface area contributed by atoms with E-state index in [1.54, 1.807) is 19.9 Å². The first-order valence-electron chi connectivity index (χ1n) is 11.3. The van der Waals surface area contributed by atoms with Gasteiger partial charge in [-0.2, -0.15) is 0 Å². The molecule has 0 aromatic carbocycles. The van der Waals surface area contributed by atoms with Crippen molar-refractivity contribution in [2.45, 2.75) is 91.6 Å². The Hall–Kier alpha value is -2.41. The Kier molecular flexibility index (Phi) is 6.70. The Labute approximate surface area is 189 Å². The monoisotopic (exact) mass is 446 g/mol. The molecule has 0 aromatic rings. The first-order valence-corrected chi connectivity index (χ1v) is 11.3. The number of hydrogen-bond acceptors (Lipinski definition) is 7. The third kappa shape index (κ3) is 4.27. The highest BCUT2D eigenvalue weighted by Crippen LogP contribution is 2.53. The Morgan fingerprint density at radius 2 is 1.91 bits per heavy atom. The van der Waals surface area contributed by atoms with Crippen LogP contribution in [0.2, 0.25) is 0 Å². The molecule has 7 nitrogen and oxygen atoms in total. The minimum Gasteiger partial charge on any atom is -0.462 e. The van der Waals surface area contributed by atoms with Crippen molar-refractivity contribution in [1.29, 1.82) is 0 Å². The highest BCUT2D eigenvalue weighted by atomic mass is 16.7. The number of allylic oxidation sites excluding steroid dienone is 2. The molecule has 0 fully saturated rings. The number of carbonyl (C=O) groups excluding carboxylic acids is 3. The van der Waals surface area contributed by atoms with E-state index < -0.39 is 35.3 Å². The van der Waals surface area contributed by atoms with Gasteiger partial charge in [0.25, 0.3) is 5.79 Å². The number of esters is 3. The van der Waals surface area contributed by atoms with Crippen molar-refractivity contribution in [2.24, 2.45) is 11.3 Å². The fourth-order valence-electron chi connectivity index (χ4n) is 5.39. The lowest BCUT2D eigenvalue weighted by Gasteiger charge is -2.50. The van der Waals surface area contributed by atoms with Crippen LogP contribution in [-0.2, 0) is 28.6 Å². The van der Waals surface area contributed by atoms with Gasteiger partial charge in [-0.3, -0.25) is 9.59 Å². The second-order valence-electron chi connectivity index (χ2n) is 9.46. The highest BCUT2D eigenvalue weighted by Gasteiger charge is 2.55. The second-order valence-corrected chi connectivity index (χ2v) is 9.46. The van der Waals surface area contributed by atoms with Crippen LogP contribution in [0.4, 0.5) is 0 Å². The number of ether oxygens (including phenoxy) is 3. The lowest BCUT2D eigenvalue weighted by Crippen LogP contribution is -2.54. The summed E-state index contributed by atoms with van der Waals surface area (Å²) in [6, 6.07) is 0. The van der Waals surface area contributed by atoms with Crippen molar-refractivity contribution in [3.63, 3.8) is 0 Å². The summed E-state index contributed by atoms with van der Waals surface area (Å²) in [5.41, 5.74) is 1.98. The van der Waals surface area contributed by atoms with Crippen molar-refractivity contribution < 1.29 is 33.7 Å². The molecule has 0 saturated carbocycles. The molecule has 0 spiro atoms. The number of fused-ring (bicyclic) bond motifs is 2. The second kappa shape index (κ2) is 8.85. The van der Waals surface area contributed by atoms with E-state index in [4.69, 9.17) is 14.2 Å². The van der Waals surface area contributed by atoms with Crippen molar-refractivity contribution in [2.75, 3.05) is 0 Å². The maximum absolute atomic E-state index is 12.4. The Bertz CT molecular complexity index is 911. The predicted octanol–water partition coefficient (Wildman–Crippen LogP) is 3.90. The molecule has 1 aliphatic heterocycles. The van der Waals surface area contributed by atoms with E-state index in [-0.39, 0.29) is 18.3 Å². The first kappa shape index (κ1) is 24.2. The summed E-state index contributed by atoms with van der Waals surface area (Å²) in [6.07, 6.45) is 4.66. The maximum Gasteiger partial charge on any atom is 0.336 e. The van der Waals surface area contributed by atoms with Gasteiger partial charge in [-0.25, -0.2) is 4.79 Å². The summed E-state index contributed by atoms with van der Waals surface area (Å²) in [5, 5.41) is 11.3. The predicted molar refractivity (Wildman–Crippen MR) is 117 cm³/mol. The van der Waals surface area contributed by atoms with E-state index in [1.165, 1.54) is 6.92 Å². The quantitative estimate of drug-likeness (QED) is 0.399. The molecule has 1 N–H and O–H groups in total. The number of carbonyl (C=O) groups is 3. The topological polar surface area (TPSA) is 99.1 Å². The number of hydrogen-bond donors (Lipinski definition) is 1. The van der Waals surface area contributed by atoms with Gasteiger partial charge in [0.2, 0.25) is 0 Å². The van der Waals surface area contributed by atoms with Gasteiger partial charge in [0, 0.05) is 36.3 Å². The number of aliphatic hydroxyl groups is 1. The fraction of sp³-hybridized carbons (Fsp3) is 0.640. The van der Waals surface area contributed by atoms with Crippen LogP contribution in [0.1, 0.15) is 73.6 Å². The molecule has 0 radical (unpaired) electrons. The third-order valence-corrected chi connectivity index (χ3v) is 7.30. The lowest BCUT2D eigenvalue weighted by molar-refractivity contribution is -0.182. The Morgan fingerprint density at radius 3 is 2.53 bits per heavy atom. The van der Waals surface area contributed by atoms with Gasteiger partial charge in [0.1, 0.15) is 12.2 Å². The van der Waals surface area contributed by atoms with Crippen LogP contribution >= 0.6 is 0 Å². The van der Waals surface area contributed by atoms with Crippen LogP contribution in [-0.4, -0.2) is 41.0 Å². The molecule has 32 heavy (non-hydrogen) atoms. The summed E-state index contributed by atoms with van der Waals surface area (Å²) in [6.45, 7) is 10.6. The summed E-state index contributed by atoms with van der Waals surface area (Å²) < 4.78 is 17.1. The van der Waals surface area contributed by atoms with Gasteiger partial charge < -0.3 is 19.3 Å². The summed E-state index contributed by atoms with van der Waals surface area (Å²) in [7, 11) is 0. The van der Waals surface area contributed by atoms with Gasteiger partial charge in [-0.15, -0.1) is 0 Å². The molecular weight excluding hydrogens is 412 g/mol. The molecule has 0 saturated heterocycles. The zero-order valence-corrected chi connectivity index (χ0v) is 19.8. The van der Waals surface area contributed by atoms with Gasteiger partial charge in [-0.05, 0) is 52.0 Å². The molecule has 1 heterocycles. The summed E-state index contributed by atoms with van der Waals surface area (Å²) in [5.74, 6) is -3.30. The highest BCUT2D eigenvalue weighted by molar-refractivity contribution is 5.92. The minimum absolute atomic E-state index is 0.242. The van der Waals surface area contributed by atoms with Crippen LogP contribution in [0.15, 0.2) is 34.4 Å². The largest absolute Gasteiger partial charge is 0.462 e. The van der Waals surface area contributed by atoms with Crippen molar-refractivity contribution in [3.8, 4) is 0 Å². The summed E-state index contributed by atoms with van der Waals surface area (Å²) in [4.78, 5) is 36.8. The van der Waals surface area contributed by atoms with E-state index in [2.05, 4.69) is 0 Å². The van der Waals surface area contributed by atoms with E-state index in [9.17, 15) is 19.5 Å². The van der Waals surface area contributed by atoms with Gasteiger partial charge >= 0.3 is 17.9 Å². The molecule has 3 aliphatic rings. The van der Waals surface area contributed by atoms with Crippen LogP contribution in [0.5, 0.6) is 0 Å². The van der Waals surface area contributed by atoms with Gasteiger partial charge in [-0.1, -0.05) is 31.1 Å². The zero-order chi connectivity index (χ0) is 23.8. The standard InChI is InChI=1S/C25H34O7/c1-7-22(27)31-21-10-8-14(2)13-25(29)19(16(4)23(28)32-25)12-18-15(3)9-11-20(24(18,21)6)30-17(5)26/h9,13,18,20-21,29H,7-8,10-12H2,1-6H3/b14-13-/t18-,20-,21-,24+,25-/m0/s1. The zero-order valence-electron chi connectivity index (χ0n) is 19.8. The van der Waals surface area contributed by atoms with Crippen molar-refractivity contribution in [3.05, 3.63) is 34.4 Å². The number of rotatable bonds is 3. The molecular formula is C25H34O7. The van der Waals surface area contributed by atoms with E-state index >= 15 is 0 Å². The van der Waals surface area contributed by atoms with Crippen LogP contribution < -0.4 is 0 Å². The first-order chi connectivity index (χ1) is 14.9. The van der Waals surface area contributed by atoms with E-state index in [0.717, 1.165) is 11.1 Å². The molecule has 7 heteroatoms. The molecule has 3 rings (SSSR count). The van der Waals surface area contributed by atoms with Gasteiger partial charge in [0.05, 0.1) is 0 Å². The van der Waals surface area contributed by atoms with Crippen LogP contribution in [0.3, 0.4) is 0 Å². The molecule has 176 valence electrons. The van der Waals surface area contributed by atoms with Crippen LogP contribution in [0, 0.1) is 11.3 Å². The molecule has 2 aliphatic carbocycles. The normalized spacial score (nSPS) is 36.7. The Balaban J connectivity index is 2.20. The molecule has 0 unspecified atom stereocenters. The molecule has 0 bridgehead atoms. The van der Waals surface area contributed by atoms with Crippen molar-refractivity contribution in [1.82, 2.24) is 0 Å². The third-order valence-electron chi connectivity index (χ3n) is 7.30. The van der Waals surface area contributed by atoms with Crippen molar-refractivity contribution >= 4 is 17.9 Å². The smallest absolute Gasteiger partial charge is 0.336 e. The molecule has 0 amide bonds. The maximum atomic E-state index is 12.4. The molecule has 5 atom stereocenters. The van der Waals surface area contributed by atoms with Gasteiger partial charge in [0.15, 0.2) is 0 Å². The average Bonchev–Trinajstić information content (AvgIpc) is 2.91. The lowest BCUT2D eigenvalue weighted by atomic mass is 9.59. The Morgan fingerprint density at radius 1 is 1.22 bits per heavy atom.